The third-order valence-electron chi connectivity index (χ3n) is 3.58. The van der Waals surface area contributed by atoms with Gasteiger partial charge in [0.05, 0.1) is 12.0 Å². The molecular formula is C13H25N3O4. The summed E-state index contributed by atoms with van der Waals surface area (Å²) in [5, 5.41) is 16.7. The molecule has 0 rings (SSSR count). The highest BCUT2D eigenvalue weighted by Crippen LogP contribution is 2.30. The number of carbonyl (C=O) groups is 3. The number of carboxylic acids is 1. The van der Waals surface area contributed by atoms with E-state index in [0.29, 0.717) is 6.54 Å². The first-order valence-electron chi connectivity index (χ1n) is 6.60. The lowest BCUT2D eigenvalue weighted by Crippen LogP contribution is -2.57. The lowest BCUT2D eigenvalue weighted by molar-refractivity contribution is -0.151. The lowest BCUT2D eigenvalue weighted by Gasteiger charge is -2.38. The Kier molecular flexibility index (Phi) is 6.64. The summed E-state index contributed by atoms with van der Waals surface area (Å²) in [6, 6.07) is -0.547. The summed E-state index contributed by atoms with van der Waals surface area (Å²) in [7, 11) is 0. The van der Waals surface area contributed by atoms with Crippen LogP contribution in [-0.4, -0.2) is 41.6 Å². The molecule has 4 N–H and O–H groups in total. The number of carboxylic acid groups (broad SMARTS) is 1. The van der Waals surface area contributed by atoms with Crippen LogP contribution in [0.5, 0.6) is 0 Å². The summed E-state index contributed by atoms with van der Waals surface area (Å²) in [5.74, 6) is -1.47. The molecule has 0 heterocycles. The summed E-state index contributed by atoms with van der Waals surface area (Å²) in [6.07, 6.45) is 0.777. The fourth-order valence-electron chi connectivity index (χ4n) is 1.24. The Morgan fingerprint density at radius 3 is 2.10 bits per heavy atom. The first-order valence-corrected chi connectivity index (χ1v) is 6.60. The van der Waals surface area contributed by atoms with Crippen molar-refractivity contribution in [3.8, 4) is 0 Å². The van der Waals surface area contributed by atoms with Gasteiger partial charge in [-0.2, -0.15) is 0 Å². The molecule has 0 aromatic rings. The zero-order valence-electron chi connectivity index (χ0n) is 12.8. The van der Waals surface area contributed by atoms with E-state index in [-0.39, 0.29) is 6.54 Å². The van der Waals surface area contributed by atoms with Gasteiger partial charge < -0.3 is 15.7 Å². The molecule has 0 saturated carbocycles. The summed E-state index contributed by atoms with van der Waals surface area (Å²) >= 11 is 0. The van der Waals surface area contributed by atoms with E-state index in [9.17, 15) is 19.5 Å². The van der Waals surface area contributed by atoms with Gasteiger partial charge >= 0.3 is 12.0 Å². The molecular weight excluding hydrogens is 262 g/mol. The van der Waals surface area contributed by atoms with Crippen LogP contribution < -0.4 is 16.0 Å². The van der Waals surface area contributed by atoms with Crippen LogP contribution in [0.15, 0.2) is 0 Å². The van der Waals surface area contributed by atoms with E-state index >= 15 is 0 Å². The van der Waals surface area contributed by atoms with Gasteiger partial charge in [0.15, 0.2) is 0 Å². The van der Waals surface area contributed by atoms with Gasteiger partial charge in [-0.1, -0.05) is 6.92 Å². The van der Waals surface area contributed by atoms with Gasteiger partial charge in [-0.15, -0.1) is 0 Å². The predicted molar refractivity (Wildman–Crippen MR) is 75.3 cm³/mol. The molecule has 0 unspecified atom stereocenters. The SMILES string of the molecule is CCCNC(=O)NC(=O)CNC(C)(C)C(C)(C)C(=O)O. The maximum atomic E-state index is 11.6. The maximum Gasteiger partial charge on any atom is 0.321 e. The van der Waals surface area contributed by atoms with Crippen molar-refractivity contribution >= 4 is 17.9 Å². The van der Waals surface area contributed by atoms with Crippen LogP contribution in [0.4, 0.5) is 4.79 Å². The fourth-order valence-corrected chi connectivity index (χ4v) is 1.24. The average molecular weight is 287 g/mol. The zero-order chi connectivity index (χ0) is 16.0. The molecule has 0 aromatic heterocycles. The molecule has 7 nitrogen and oxygen atoms in total. The minimum Gasteiger partial charge on any atom is -0.481 e. The molecule has 116 valence electrons. The van der Waals surface area contributed by atoms with Gasteiger partial charge in [-0.3, -0.25) is 14.9 Å². The highest BCUT2D eigenvalue weighted by molar-refractivity contribution is 5.95. The average Bonchev–Trinajstić information content (AvgIpc) is 2.33. The lowest BCUT2D eigenvalue weighted by atomic mass is 9.74. The molecule has 0 aliphatic heterocycles. The van der Waals surface area contributed by atoms with Crippen molar-refractivity contribution in [2.24, 2.45) is 5.41 Å². The second-order valence-corrected chi connectivity index (χ2v) is 5.71. The van der Waals surface area contributed by atoms with Gasteiger partial charge in [0.1, 0.15) is 0 Å². The molecule has 0 radical (unpaired) electrons. The smallest absolute Gasteiger partial charge is 0.321 e. The van der Waals surface area contributed by atoms with Crippen molar-refractivity contribution in [3.63, 3.8) is 0 Å². The molecule has 0 aromatic carbocycles. The van der Waals surface area contributed by atoms with Crippen LogP contribution in [0.25, 0.3) is 0 Å². The topological polar surface area (TPSA) is 108 Å². The third kappa shape index (κ3) is 5.16. The van der Waals surface area contributed by atoms with Crippen molar-refractivity contribution < 1.29 is 19.5 Å². The molecule has 0 fully saturated rings. The van der Waals surface area contributed by atoms with Crippen LogP contribution >= 0.6 is 0 Å². The summed E-state index contributed by atoms with van der Waals surface area (Å²) in [5.41, 5.74) is -1.87. The first kappa shape index (κ1) is 18.4. The number of hydrogen-bond acceptors (Lipinski definition) is 4. The summed E-state index contributed by atoms with van der Waals surface area (Å²) < 4.78 is 0. The number of carbonyl (C=O) groups excluding carboxylic acids is 2. The molecule has 7 heteroatoms. The van der Waals surface area contributed by atoms with Crippen molar-refractivity contribution in [2.75, 3.05) is 13.1 Å². The van der Waals surface area contributed by atoms with Gasteiger partial charge in [-0.25, -0.2) is 4.79 Å². The van der Waals surface area contributed by atoms with Gasteiger partial charge in [0, 0.05) is 12.1 Å². The van der Waals surface area contributed by atoms with Gasteiger partial charge in [-0.05, 0) is 34.1 Å². The third-order valence-corrected chi connectivity index (χ3v) is 3.58. The number of nitrogens with one attached hydrogen (secondary N) is 3. The number of urea groups is 1. The van der Waals surface area contributed by atoms with Crippen LogP contribution in [0, 0.1) is 5.41 Å². The van der Waals surface area contributed by atoms with Crippen LogP contribution in [0.1, 0.15) is 41.0 Å². The van der Waals surface area contributed by atoms with Crippen molar-refractivity contribution in [1.82, 2.24) is 16.0 Å². The van der Waals surface area contributed by atoms with Crippen LogP contribution in [0.2, 0.25) is 0 Å². The van der Waals surface area contributed by atoms with E-state index in [1.165, 1.54) is 0 Å². The van der Waals surface area contributed by atoms with E-state index in [2.05, 4.69) is 16.0 Å². The van der Waals surface area contributed by atoms with E-state index in [0.717, 1.165) is 6.42 Å². The number of amides is 3. The number of rotatable bonds is 7. The Morgan fingerprint density at radius 2 is 1.65 bits per heavy atom. The minimum absolute atomic E-state index is 0.136. The van der Waals surface area contributed by atoms with E-state index in [1.807, 2.05) is 6.92 Å². The molecule has 0 aliphatic carbocycles. The molecule has 0 aliphatic rings. The Morgan fingerprint density at radius 1 is 1.10 bits per heavy atom. The minimum atomic E-state index is -1.06. The van der Waals surface area contributed by atoms with Gasteiger partial charge in [0.25, 0.3) is 0 Å². The standard InChI is InChI=1S/C13H25N3O4/c1-6-7-14-11(20)16-9(17)8-15-13(4,5)12(2,3)10(18)19/h15H,6-8H2,1-5H3,(H,18,19)(H2,14,16,17,20). The van der Waals surface area contributed by atoms with Crippen molar-refractivity contribution in [2.45, 2.75) is 46.6 Å². The van der Waals surface area contributed by atoms with Crippen molar-refractivity contribution in [3.05, 3.63) is 0 Å². The van der Waals surface area contributed by atoms with E-state index in [1.54, 1.807) is 27.7 Å². The quantitative estimate of drug-likeness (QED) is 0.551. The zero-order valence-corrected chi connectivity index (χ0v) is 12.8. The summed E-state index contributed by atoms with van der Waals surface area (Å²) in [4.78, 5) is 34.1. The number of aliphatic carboxylic acids is 1. The van der Waals surface area contributed by atoms with Crippen LogP contribution in [-0.2, 0) is 9.59 Å². The van der Waals surface area contributed by atoms with Gasteiger partial charge in [0.2, 0.25) is 5.91 Å². The molecule has 0 saturated heterocycles. The Hall–Kier alpha value is -1.63. The Balaban J connectivity index is 4.37. The monoisotopic (exact) mass is 287 g/mol. The van der Waals surface area contributed by atoms with E-state index < -0.39 is 28.9 Å². The Bertz CT molecular complexity index is 378. The molecule has 0 bridgehead atoms. The Labute approximate surface area is 119 Å². The molecule has 0 atom stereocenters. The maximum absolute atomic E-state index is 11.6. The highest BCUT2D eigenvalue weighted by Gasteiger charge is 2.43. The fraction of sp³-hybridized carbons (Fsp3) is 0.769. The molecule has 0 spiro atoms. The highest BCUT2D eigenvalue weighted by atomic mass is 16.4. The normalized spacial score (nSPS) is 11.8. The predicted octanol–water partition coefficient (Wildman–Crippen LogP) is 0.701. The largest absolute Gasteiger partial charge is 0.481 e. The summed E-state index contributed by atoms with van der Waals surface area (Å²) in [6.45, 7) is 8.81. The second-order valence-electron chi connectivity index (χ2n) is 5.71. The molecule has 20 heavy (non-hydrogen) atoms. The van der Waals surface area contributed by atoms with Crippen molar-refractivity contribution in [1.29, 1.82) is 0 Å². The van der Waals surface area contributed by atoms with Crippen LogP contribution in [0.3, 0.4) is 0 Å². The van der Waals surface area contributed by atoms with E-state index in [4.69, 9.17) is 0 Å². The molecule has 3 amide bonds. The number of imide groups is 1. The second kappa shape index (κ2) is 7.23. The first-order chi connectivity index (χ1) is 9.04. The number of hydrogen-bond donors (Lipinski definition) is 4.